The number of nitrogens with one attached hydrogen (secondary N) is 3. The molecule has 33 heavy (non-hydrogen) atoms. The second-order valence-electron chi connectivity index (χ2n) is 9.71. The molecule has 1 aromatic heterocycles. The molecule has 1 saturated heterocycles. The van der Waals surface area contributed by atoms with E-state index in [1.54, 1.807) is 6.92 Å². The Morgan fingerprint density at radius 2 is 1.97 bits per heavy atom. The predicted molar refractivity (Wildman–Crippen MR) is 121 cm³/mol. The van der Waals surface area contributed by atoms with Crippen LogP contribution in [-0.4, -0.2) is 70.7 Å². The Hall–Kier alpha value is -2.69. The summed E-state index contributed by atoms with van der Waals surface area (Å²) in [7, 11) is 2.11. The number of anilines is 2. The van der Waals surface area contributed by atoms with Crippen LogP contribution in [-0.2, 0) is 4.79 Å². The van der Waals surface area contributed by atoms with Gasteiger partial charge in [0.1, 0.15) is 5.82 Å². The van der Waals surface area contributed by atoms with Gasteiger partial charge in [0.05, 0.1) is 5.92 Å². The second-order valence-corrected chi connectivity index (χ2v) is 9.71. The lowest BCUT2D eigenvalue weighted by molar-refractivity contribution is -0.124. The van der Waals surface area contributed by atoms with Crippen LogP contribution in [0.3, 0.4) is 0 Å². The summed E-state index contributed by atoms with van der Waals surface area (Å²) in [5.74, 6) is -0.569. The van der Waals surface area contributed by atoms with E-state index < -0.39 is 17.8 Å². The number of nitrogens with zero attached hydrogens (tertiary/aromatic N) is 4. The first-order valence-electron chi connectivity index (χ1n) is 11.8. The minimum Gasteiger partial charge on any atom is -0.465 e. The summed E-state index contributed by atoms with van der Waals surface area (Å²) in [6.45, 7) is 3.92. The number of likely N-dealkylation sites (N-methyl/N-ethyl adjacent to an activating group) is 1. The van der Waals surface area contributed by atoms with Gasteiger partial charge in [-0.05, 0) is 39.2 Å². The zero-order chi connectivity index (χ0) is 23.6. The number of aryl methyl sites for hydroxylation is 1. The Kier molecular flexibility index (Phi) is 6.87. The molecule has 0 unspecified atom stereocenters. The lowest BCUT2D eigenvalue weighted by Gasteiger charge is -2.40. The smallest absolute Gasteiger partial charge is 0.404 e. The van der Waals surface area contributed by atoms with Gasteiger partial charge in [-0.2, -0.15) is 4.39 Å². The summed E-state index contributed by atoms with van der Waals surface area (Å²) in [5.41, 5.74) is 5.29. The highest BCUT2D eigenvalue weighted by molar-refractivity contribution is 5.80. The van der Waals surface area contributed by atoms with E-state index in [9.17, 15) is 9.59 Å². The number of hydrogen-bond donors (Lipinski definition) is 4. The number of hydrazine groups is 1. The number of amides is 2. The van der Waals surface area contributed by atoms with Crippen molar-refractivity contribution in [3.63, 3.8) is 0 Å². The van der Waals surface area contributed by atoms with E-state index in [-0.39, 0.29) is 29.6 Å². The Morgan fingerprint density at radius 3 is 2.64 bits per heavy atom. The quantitative estimate of drug-likeness (QED) is 0.433. The van der Waals surface area contributed by atoms with Crippen LogP contribution in [0.4, 0.5) is 20.8 Å². The fraction of sp³-hybridized carbons (Fsp3) is 0.727. The van der Waals surface area contributed by atoms with E-state index in [2.05, 4.69) is 38.1 Å². The zero-order valence-corrected chi connectivity index (χ0v) is 19.4. The molecular formula is C22H34FN7O3. The molecule has 2 heterocycles. The number of halogens is 1. The first-order valence-corrected chi connectivity index (χ1v) is 11.8. The van der Waals surface area contributed by atoms with Gasteiger partial charge in [0.25, 0.3) is 0 Å². The maximum atomic E-state index is 15.4. The van der Waals surface area contributed by atoms with Crippen LogP contribution in [0, 0.1) is 24.6 Å². The zero-order valence-electron chi connectivity index (χ0n) is 19.4. The third-order valence-electron chi connectivity index (χ3n) is 7.34. The predicted octanol–water partition coefficient (Wildman–Crippen LogP) is 2.12. The number of carboxylic acid groups (broad SMARTS) is 1. The topological polar surface area (TPSA) is 123 Å². The van der Waals surface area contributed by atoms with Gasteiger partial charge in [-0.1, -0.05) is 25.7 Å². The molecular weight excluding hydrogens is 429 g/mol. The van der Waals surface area contributed by atoms with Crippen molar-refractivity contribution < 1.29 is 19.1 Å². The molecule has 4 rings (SSSR count). The fourth-order valence-electron chi connectivity index (χ4n) is 5.13. The standard InChI is InChI=1S/C22H34FN7O3/c1-14-25-18(17(23)19(26-14)30-10-9-29(2)22(13-30)7-8-22)27-28-20(31)16(12-24-21(32)33)11-15-5-3-4-6-15/h15-16,24H,3-13H2,1-2H3,(H,28,31)(H,32,33)(H,25,26,27)/t16-/m1/s1. The van der Waals surface area contributed by atoms with Crippen molar-refractivity contribution in [2.24, 2.45) is 11.8 Å². The highest BCUT2D eigenvalue weighted by Gasteiger charge is 2.50. The first kappa shape index (κ1) is 23.5. The molecule has 1 spiro atoms. The number of rotatable bonds is 8. The molecule has 3 fully saturated rings. The minimum atomic E-state index is -1.17. The molecule has 0 radical (unpaired) electrons. The van der Waals surface area contributed by atoms with Gasteiger partial charge in [0, 0.05) is 31.7 Å². The normalized spacial score (nSPS) is 21.1. The van der Waals surface area contributed by atoms with E-state index in [1.807, 2.05) is 4.90 Å². The molecule has 0 bridgehead atoms. The minimum absolute atomic E-state index is 0.0132. The van der Waals surface area contributed by atoms with Crippen LogP contribution in [0.15, 0.2) is 0 Å². The highest BCUT2D eigenvalue weighted by atomic mass is 19.1. The van der Waals surface area contributed by atoms with Gasteiger partial charge in [0.15, 0.2) is 11.6 Å². The summed E-state index contributed by atoms with van der Waals surface area (Å²) in [5, 5.41) is 11.3. The lowest BCUT2D eigenvalue weighted by Crippen LogP contribution is -2.53. The number of hydrogen-bond acceptors (Lipinski definition) is 7. The molecule has 182 valence electrons. The van der Waals surface area contributed by atoms with Crippen molar-refractivity contribution in [1.29, 1.82) is 0 Å². The van der Waals surface area contributed by atoms with Crippen molar-refractivity contribution in [2.45, 2.75) is 57.4 Å². The number of aromatic nitrogens is 2. The molecule has 10 nitrogen and oxygen atoms in total. The lowest BCUT2D eigenvalue weighted by atomic mass is 9.92. The Morgan fingerprint density at radius 1 is 1.24 bits per heavy atom. The van der Waals surface area contributed by atoms with Crippen molar-refractivity contribution in [2.75, 3.05) is 43.6 Å². The first-order chi connectivity index (χ1) is 15.8. The van der Waals surface area contributed by atoms with Gasteiger partial charge < -0.3 is 15.3 Å². The van der Waals surface area contributed by atoms with Crippen LogP contribution in [0.5, 0.6) is 0 Å². The van der Waals surface area contributed by atoms with Gasteiger partial charge in [-0.15, -0.1) is 0 Å². The SMILES string of the molecule is Cc1nc(NNC(=O)[C@@H](CNC(=O)O)CC2CCCC2)c(F)c(N2CCN(C)C3(CC3)C2)n1. The van der Waals surface area contributed by atoms with E-state index in [0.29, 0.717) is 31.3 Å². The molecule has 1 aliphatic heterocycles. The third kappa shape index (κ3) is 5.45. The average molecular weight is 464 g/mol. The van der Waals surface area contributed by atoms with Crippen LogP contribution >= 0.6 is 0 Å². The maximum Gasteiger partial charge on any atom is 0.404 e. The molecule has 0 aromatic carbocycles. The Balaban J connectivity index is 1.43. The number of carbonyl (C=O) groups excluding carboxylic acids is 1. The average Bonchev–Trinajstić information content (AvgIpc) is 3.36. The van der Waals surface area contributed by atoms with Crippen LogP contribution in [0.25, 0.3) is 0 Å². The summed E-state index contributed by atoms with van der Waals surface area (Å²) in [4.78, 5) is 36.6. The van der Waals surface area contributed by atoms with Gasteiger partial charge in [0.2, 0.25) is 11.7 Å². The van der Waals surface area contributed by atoms with Crippen LogP contribution in [0.1, 0.15) is 50.8 Å². The van der Waals surface area contributed by atoms with Crippen LogP contribution in [0.2, 0.25) is 0 Å². The molecule has 2 saturated carbocycles. The maximum absolute atomic E-state index is 15.4. The van der Waals surface area contributed by atoms with E-state index in [1.165, 1.54) is 0 Å². The number of carbonyl (C=O) groups is 2. The fourth-order valence-corrected chi connectivity index (χ4v) is 5.13. The molecule has 1 aromatic rings. The number of piperazine rings is 1. The summed E-state index contributed by atoms with van der Waals surface area (Å²) < 4.78 is 15.4. The summed E-state index contributed by atoms with van der Waals surface area (Å²) >= 11 is 0. The molecule has 2 aliphatic carbocycles. The Labute approximate surface area is 193 Å². The molecule has 4 N–H and O–H groups in total. The molecule has 1 atom stereocenters. The van der Waals surface area contributed by atoms with Crippen molar-refractivity contribution >= 4 is 23.6 Å². The van der Waals surface area contributed by atoms with Crippen LogP contribution < -0.4 is 21.1 Å². The third-order valence-corrected chi connectivity index (χ3v) is 7.34. The van der Waals surface area contributed by atoms with E-state index in [4.69, 9.17) is 5.11 Å². The molecule has 11 heteroatoms. The summed E-state index contributed by atoms with van der Waals surface area (Å²) in [6, 6.07) is 0. The largest absolute Gasteiger partial charge is 0.465 e. The van der Waals surface area contributed by atoms with Crippen molar-refractivity contribution in [3.8, 4) is 0 Å². The van der Waals surface area contributed by atoms with Gasteiger partial charge in [-0.25, -0.2) is 14.8 Å². The van der Waals surface area contributed by atoms with Crippen molar-refractivity contribution in [1.82, 2.24) is 25.6 Å². The van der Waals surface area contributed by atoms with Gasteiger partial charge >= 0.3 is 6.09 Å². The van der Waals surface area contributed by atoms with Crippen molar-refractivity contribution in [3.05, 3.63) is 11.6 Å². The summed E-state index contributed by atoms with van der Waals surface area (Å²) in [6.07, 6.45) is 5.96. The molecule has 3 aliphatic rings. The second kappa shape index (κ2) is 9.66. The molecule has 2 amide bonds. The highest BCUT2D eigenvalue weighted by Crippen LogP contribution is 2.44. The van der Waals surface area contributed by atoms with E-state index >= 15 is 4.39 Å². The van der Waals surface area contributed by atoms with Gasteiger partial charge in [-0.3, -0.25) is 20.5 Å². The Bertz CT molecular complexity index is 889. The van der Waals surface area contributed by atoms with E-state index in [0.717, 1.165) is 45.1 Å². The monoisotopic (exact) mass is 463 g/mol.